The van der Waals surface area contributed by atoms with E-state index in [1.807, 2.05) is 0 Å². The fourth-order valence-electron chi connectivity index (χ4n) is 4.92. The molecule has 0 N–H and O–H groups in total. The maximum atomic E-state index is 13.3. The number of aromatic nitrogens is 1. The summed E-state index contributed by atoms with van der Waals surface area (Å²) in [6.07, 6.45) is 3.39. The molecule has 1 aromatic heterocycles. The fourth-order valence-corrected chi connectivity index (χ4v) is 6.14. The van der Waals surface area contributed by atoms with Gasteiger partial charge in [0.2, 0.25) is 0 Å². The summed E-state index contributed by atoms with van der Waals surface area (Å²) in [6.45, 7) is 8.73. The number of fused-ring (bicyclic) bond motifs is 1. The molecule has 0 amide bonds. The highest BCUT2D eigenvalue weighted by Crippen LogP contribution is 2.55. The molecule has 1 atom stereocenters. The third-order valence-corrected chi connectivity index (χ3v) is 6.93. The molecule has 1 aromatic carbocycles. The van der Waals surface area contributed by atoms with Crippen LogP contribution >= 0.6 is 11.3 Å². The van der Waals surface area contributed by atoms with Crippen LogP contribution in [0.1, 0.15) is 61.2 Å². The van der Waals surface area contributed by atoms with Crippen LogP contribution in [0.25, 0.3) is 0 Å². The predicted octanol–water partition coefficient (Wildman–Crippen LogP) is 5.39. The minimum atomic E-state index is -0.316. The first-order valence-electron chi connectivity index (χ1n) is 9.15. The van der Waals surface area contributed by atoms with Gasteiger partial charge in [0, 0.05) is 23.3 Å². The first-order valence-corrected chi connectivity index (χ1v) is 9.97. The van der Waals surface area contributed by atoms with E-state index in [2.05, 4.69) is 58.0 Å². The zero-order valence-corrected chi connectivity index (χ0v) is 16.3. The third-order valence-electron chi connectivity index (χ3n) is 5.76. The molecule has 130 valence electrons. The number of carbonyl (C=O) groups is 1. The smallest absolute Gasteiger partial charge is 0.160 e. The van der Waals surface area contributed by atoms with E-state index >= 15 is 0 Å². The summed E-state index contributed by atoms with van der Waals surface area (Å²) in [5.41, 5.74) is 4.57. The lowest BCUT2D eigenvalue weighted by Gasteiger charge is -2.44. The Bertz CT molecular complexity index is 875. The van der Waals surface area contributed by atoms with Crippen molar-refractivity contribution in [3.05, 3.63) is 62.6 Å². The van der Waals surface area contributed by atoms with E-state index < -0.39 is 0 Å². The molecular formula is C22H25NOS. The normalized spacial score (nSPS) is 24.9. The first kappa shape index (κ1) is 16.7. The Morgan fingerprint density at radius 2 is 1.88 bits per heavy atom. The Morgan fingerprint density at radius 1 is 1.16 bits per heavy atom. The van der Waals surface area contributed by atoms with Crippen molar-refractivity contribution in [3.8, 4) is 0 Å². The SMILES string of the molecule is CC[C@@]1(c2ccccc2)C2=C(Cc3nc(C)sc31)CC(C)(C)CC2=O. The molecule has 4 rings (SSSR count). The minimum Gasteiger partial charge on any atom is -0.294 e. The lowest BCUT2D eigenvalue weighted by atomic mass is 9.59. The van der Waals surface area contributed by atoms with Gasteiger partial charge in [0.1, 0.15) is 0 Å². The molecule has 3 heteroatoms. The number of thiazole rings is 1. The van der Waals surface area contributed by atoms with E-state index in [1.165, 1.54) is 21.7 Å². The maximum Gasteiger partial charge on any atom is 0.160 e. The number of aryl methyl sites for hydroxylation is 1. The van der Waals surface area contributed by atoms with Crippen LogP contribution in [-0.4, -0.2) is 10.8 Å². The molecule has 2 aliphatic rings. The van der Waals surface area contributed by atoms with Crippen molar-refractivity contribution >= 4 is 17.1 Å². The summed E-state index contributed by atoms with van der Waals surface area (Å²) in [5, 5.41) is 1.10. The summed E-state index contributed by atoms with van der Waals surface area (Å²) in [4.78, 5) is 19.5. The lowest BCUT2D eigenvalue weighted by molar-refractivity contribution is -0.118. The molecule has 0 saturated carbocycles. The summed E-state index contributed by atoms with van der Waals surface area (Å²) in [5.74, 6) is 0.341. The third kappa shape index (κ3) is 2.43. The second-order valence-electron chi connectivity index (χ2n) is 8.23. The van der Waals surface area contributed by atoms with Gasteiger partial charge in [-0.2, -0.15) is 0 Å². The number of Topliss-reactive ketones (excluding diaryl/α,β-unsaturated/α-hetero) is 1. The summed E-state index contributed by atoms with van der Waals surface area (Å²) < 4.78 is 0. The zero-order valence-electron chi connectivity index (χ0n) is 15.5. The highest BCUT2D eigenvalue weighted by molar-refractivity contribution is 7.12. The van der Waals surface area contributed by atoms with Crippen molar-refractivity contribution < 1.29 is 4.79 Å². The van der Waals surface area contributed by atoms with Gasteiger partial charge in [-0.15, -0.1) is 11.3 Å². The molecule has 0 unspecified atom stereocenters. The quantitative estimate of drug-likeness (QED) is 0.726. The van der Waals surface area contributed by atoms with Gasteiger partial charge in [-0.1, -0.05) is 56.7 Å². The first-order chi connectivity index (χ1) is 11.9. The highest BCUT2D eigenvalue weighted by Gasteiger charge is 2.50. The molecule has 0 bridgehead atoms. The number of rotatable bonds is 2. The molecule has 1 heterocycles. The predicted molar refractivity (Wildman–Crippen MR) is 103 cm³/mol. The van der Waals surface area contributed by atoms with Gasteiger partial charge in [0.25, 0.3) is 0 Å². The molecule has 0 fully saturated rings. The molecule has 0 radical (unpaired) electrons. The van der Waals surface area contributed by atoms with Crippen LogP contribution in [0.15, 0.2) is 41.5 Å². The lowest BCUT2D eigenvalue weighted by Crippen LogP contribution is -2.41. The van der Waals surface area contributed by atoms with E-state index in [4.69, 9.17) is 4.98 Å². The van der Waals surface area contributed by atoms with Gasteiger partial charge in [-0.25, -0.2) is 4.98 Å². The molecule has 0 spiro atoms. The number of nitrogens with zero attached hydrogens (tertiary/aromatic N) is 1. The standard InChI is InChI=1S/C22H25NOS/c1-5-22(16-9-7-6-8-10-16)19-15(12-21(3,4)13-18(19)24)11-17-20(22)25-14(2)23-17/h6-10H,5,11-13H2,1-4H3/t22-/m1/s1. The second-order valence-corrected chi connectivity index (χ2v) is 9.43. The number of carbonyl (C=O) groups excluding carboxylic acids is 1. The Kier molecular flexibility index (Phi) is 3.77. The fraction of sp³-hybridized carbons (Fsp3) is 0.455. The second kappa shape index (κ2) is 5.63. The van der Waals surface area contributed by atoms with Crippen molar-refractivity contribution in [2.24, 2.45) is 5.41 Å². The van der Waals surface area contributed by atoms with Gasteiger partial charge < -0.3 is 0 Å². The van der Waals surface area contributed by atoms with Crippen LogP contribution in [-0.2, 0) is 16.6 Å². The number of hydrogen-bond donors (Lipinski definition) is 0. The molecule has 0 aliphatic heterocycles. The molecule has 2 nitrogen and oxygen atoms in total. The Hall–Kier alpha value is -1.74. The summed E-state index contributed by atoms with van der Waals surface area (Å²) >= 11 is 1.78. The Morgan fingerprint density at radius 3 is 2.56 bits per heavy atom. The van der Waals surface area contributed by atoms with Crippen LogP contribution < -0.4 is 0 Å². The van der Waals surface area contributed by atoms with E-state index in [9.17, 15) is 4.79 Å². The zero-order chi connectivity index (χ0) is 17.8. The topological polar surface area (TPSA) is 30.0 Å². The van der Waals surface area contributed by atoms with Crippen molar-refractivity contribution in [2.45, 2.75) is 58.8 Å². The van der Waals surface area contributed by atoms with Gasteiger partial charge in [0.15, 0.2) is 5.78 Å². The Labute approximate surface area is 154 Å². The van der Waals surface area contributed by atoms with Crippen molar-refractivity contribution in [1.29, 1.82) is 0 Å². The largest absolute Gasteiger partial charge is 0.294 e. The average Bonchev–Trinajstić information content (AvgIpc) is 2.92. The number of allylic oxidation sites excluding steroid dienone is 2. The molecule has 2 aromatic rings. The van der Waals surface area contributed by atoms with E-state index in [0.29, 0.717) is 12.2 Å². The summed E-state index contributed by atoms with van der Waals surface area (Å²) in [7, 11) is 0. The molecular weight excluding hydrogens is 326 g/mol. The highest BCUT2D eigenvalue weighted by atomic mass is 32.1. The van der Waals surface area contributed by atoms with Crippen LogP contribution in [0, 0.1) is 12.3 Å². The van der Waals surface area contributed by atoms with E-state index in [-0.39, 0.29) is 10.8 Å². The van der Waals surface area contributed by atoms with Crippen molar-refractivity contribution in [3.63, 3.8) is 0 Å². The van der Waals surface area contributed by atoms with Gasteiger partial charge in [0.05, 0.1) is 16.1 Å². The maximum absolute atomic E-state index is 13.3. The molecule has 25 heavy (non-hydrogen) atoms. The minimum absolute atomic E-state index is 0.0503. The van der Waals surface area contributed by atoms with E-state index in [1.54, 1.807) is 11.3 Å². The van der Waals surface area contributed by atoms with Crippen molar-refractivity contribution in [2.75, 3.05) is 0 Å². The summed E-state index contributed by atoms with van der Waals surface area (Å²) in [6, 6.07) is 10.6. The number of ketones is 1. The number of hydrogen-bond acceptors (Lipinski definition) is 3. The van der Waals surface area contributed by atoms with Gasteiger partial charge in [-0.05, 0) is 30.7 Å². The van der Waals surface area contributed by atoms with Crippen LogP contribution in [0.2, 0.25) is 0 Å². The number of benzene rings is 1. The molecule has 2 aliphatic carbocycles. The van der Waals surface area contributed by atoms with Gasteiger partial charge in [-0.3, -0.25) is 4.79 Å². The van der Waals surface area contributed by atoms with Gasteiger partial charge >= 0.3 is 0 Å². The van der Waals surface area contributed by atoms with Crippen molar-refractivity contribution in [1.82, 2.24) is 4.98 Å². The van der Waals surface area contributed by atoms with Crippen LogP contribution in [0.5, 0.6) is 0 Å². The van der Waals surface area contributed by atoms with Crippen LogP contribution in [0.4, 0.5) is 0 Å². The average molecular weight is 352 g/mol. The Balaban J connectivity index is 2.04. The molecule has 0 saturated heterocycles. The van der Waals surface area contributed by atoms with Crippen LogP contribution in [0.3, 0.4) is 0 Å². The van der Waals surface area contributed by atoms with E-state index in [0.717, 1.165) is 29.8 Å². The monoisotopic (exact) mass is 351 g/mol.